The van der Waals surface area contributed by atoms with Gasteiger partial charge in [-0.3, -0.25) is 0 Å². The third-order valence-electron chi connectivity index (χ3n) is 2.83. The van der Waals surface area contributed by atoms with Crippen LogP contribution in [0.15, 0.2) is 28.8 Å². The van der Waals surface area contributed by atoms with E-state index in [2.05, 4.69) is 5.16 Å². The topological polar surface area (TPSA) is 35.3 Å². The van der Waals surface area contributed by atoms with E-state index in [1.165, 1.54) is 12.1 Å². The lowest BCUT2D eigenvalue weighted by Gasteiger charge is -2.08. The van der Waals surface area contributed by atoms with Crippen LogP contribution in [0.5, 0.6) is 0 Å². The van der Waals surface area contributed by atoms with Gasteiger partial charge in [0.25, 0.3) is 0 Å². The maximum atomic E-state index is 12.8. The summed E-state index contributed by atoms with van der Waals surface area (Å²) in [5.41, 5.74) is 2.71. The molecule has 0 fully saturated rings. The second-order valence-corrected chi connectivity index (χ2v) is 3.85. The summed E-state index contributed by atoms with van der Waals surface area (Å²) in [4.78, 5) is 0. The number of nitrogens with zero attached hydrogens (tertiary/aromatic N) is 1. The number of hydrogen-bond acceptors (Lipinski definition) is 3. The van der Waals surface area contributed by atoms with Gasteiger partial charge in [-0.1, -0.05) is 17.3 Å². The molecule has 3 nitrogen and oxygen atoms in total. The molecule has 0 aliphatic carbocycles. The Balaban J connectivity index is 2.01. The van der Waals surface area contributed by atoms with Crippen LogP contribution in [0.1, 0.15) is 28.7 Å². The van der Waals surface area contributed by atoms with Crippen LogP contribution in [0, 0.1) is 12.7 Å². The summed E-state index contributed by atoms with van der Waals surface area (Å²) in [5.74, 6) is 0.540. The van der Waals surface area contributed by atoms with Gasteiger partial charge in [-0.25, -0.2) is 4.39 Å². The molecule has 1 aliphatic rings. The largest absolute Gasteiger partial charge is 0.362 e. The van der Waals surface area contributed by atoms with E-state index >= 15 is 0 Å². The third-order valence-corrected chi connectivity index (χ3v) is 2.83. The number of ether oxygens (including phenoxy) is 1. The highest BCUT2D eigenvalue weighted by atomic mass is 19.1. The molecule has 16 heavy (non-hydrogen) atoms. The number of rotatable bonds is 1. The zero-order chi connectivity index (χ0) is 11.1. The Labute approximate surface area is 91.8 Å². The highest BCUT2D eigenvalue weighted by Gasteiger charge is 2.30. The van der Waals surface area contributed by atoms with Crippen molar-refractivity contribution in [3.05, 3.63) is 52.7 Å². The first-order valence-corrected chi connectivity index (χ1v) is 5.08. The number of fused-ring (bicyclic) bond motifs is 1. The molecule has 1 aromatic heterocycles. The first-order chi connectivity index (χ1) is 7.75. The SMILES string of the molecule is Cc1onc2c1COC2c1ccc(F)cc1. The van der Waals surface area contributed by atoms with Gasteiger partial charge in [0.2, 0.25) is 0 Å². The van der Waals surface area contributed by atoms with E-state index in [-0.39, 0.29) is 11.9 Å². The van der Waals surface area contributed by atoms with Gasteiger partial charge in [0.1, 0.15) is 23.4 Å². The second-order valence-electron chi connectivity index (χ2n) is 3.85. The standard InChI is InChI=1S/C12H10FNO2/c1-7-10-6-15-12(11(10)14-16-7)8-2-4-9(13)5-3-8/h2-5,12H,6H2,1H3. The van der Waals surface area contributed by atoms with E-state index < -0.39 is 0 Å². The van der Waals surface area contributed by atoms with Gasteiger partial charge in [-0.15, -0.1) is 0 Å². The fourth-order valence-electron chi connectivity index (χ4n) is 1.93. The lowest BCUT2D eigenvalue weighted by atomic mass is 10.1. The predicted octanol–water partition coefficient (Wildman–Crippen LogP) is 2.74. The van der Waals surface area contributed by atoms with Crippen LogP contribution >= 0.6 is 0 Å². The maximum absolute atomic E-state index is 12.8. The minimum atomic E-state index is -0.252. The van der Waals surface area contributed by atoms with Crippen molar-refractivity contribution in [2.24, 2.45) is 0 Å². The lowest BCUT2D eigenvalue weighted by Crippen LogP contribution is -1.99. The molecule has 1 atom stereocenters. The first kappa shape index (κ1) is 9.54. The Hall–Kier alpha value is -1.68. The Kier molecular flexibility index (Phi) is 2.04. The van der Waals surface area contributed by atoms with E-state index in [1.54, 1.807) is 12.1 Å². The third kappa shape index (κ3) is 1.34. The normalized spacial score (nSPS) is 18.8. The number of aryl methyl sites for hydroxylation is 1. The molecule has 0 N–H and O–H groups in total. The first-order valence-electron chi connectivity index (χ1n) is 5.08. The van der Waals surface area contributed by atoms with Crippen molar-refractivity contribution in [1.29, 1.82) is 0 Å². The van der Waals surface area contributed by atoms with Crippen LogP contribution in [0.4, 0.5) is 4.39 Å². The quantitative estimate of drug-likeness (QED) is 0.739. The molecule has 1 unspecified atom stereocenters. The van der Waals surface area contributed by atoms with Crippen molar-refractivity contribution in [2.45, 2.75) is 19.6 Å². The van der Waals surface area contributed by atoms with Crippen molar-refractivity contribution >= 4 is 0 Å². The highest BCUT2D eigenvalue weighted by molar-refractivity contribution is 5.34. The van der Waals surface area contributed by atoms with Gasteiger partial charge >= 0.3 is 0 Å². The summed E-state index contributed by atoms with van der Waals surface area (Å²) in [6.45, 7) is 2.37. The molecule has 3 rings (SSSR count). The summed E-state index contributed by atoms with van der Waals surface area (Å²) < 4.78 is 23.5. The maximum Gasteiger partial charge on any atom is 0.139 e. The molecule has 2 heterocycles. The molecule has 4 heteroatoms. The van der Waals surface area contributed by atoms with E-state index in [0.717, 1.165) is 22.6 Å². The molecule has 0 bridgehead atoms. The fourth-order valence-corrected chi connectivity index (χ4v) is 1.93. The monoisotopic (exact) mass is 219 g/mol. The summed E-state index contributed by atoms with van der Waals surface area (Å²) in [5, 5.41) is 3.98. The second kappa shape index (κ2) is 3.42. The van der Waals surface area contributed by atoms with Crippen molar-refractivity contribution in [3.8, 4) is 0 Å². The van der Waals surface area contributed by atoms with Crippen LogP contribution < -0.4 is 0 Å². The molecule has 2 aromatic rings. The van der Waals surface area contributed by atoms with Gasteiger partial charge in [-0.05, 0) is 24.6 Å². The molecule has 0 saturated heterocycles. The highest BCUT2D eigenvalue weighted by Crippen LogP contribution is 2.36. The van der Waals surface area contributed by atoms with Crippen LogP contribution in [0.2, 0.25) is 0 Å². The molecule has 0 radical (unpaired) electrons. The smallest absolute Gasteiger partial charge is 0.139 e. The van der Waals surface area contributed by atoms with E-state index in [0.29, 0.717) is 6.61 Å². The summed E-state index contributed by atoms with van der Waals surface area (Å²) in [6, 6.07) is 6.26. The van der Waals surface area contributed by atoms with Crippen LogP contribution in [0.3, 0.4) is 0 Å². The van der Waals surface area contributed by atoms with E-state index in [4.69, 9.17) is 9.26 Å². The van der Waals surface area contributed by atoms with Crippen molar-refractivity contribution in [3.63, 3.8) is 0 Å². The van der Waals surface area contributed by atoms with Crippen LogP contribution in [-0.4, -0.2) is 5.16 Å². The van der Waals surface area contributed by atoms with Crippen molar-refractivity contribution in [2.75, 3.05) is 0 Å². The Bertz CT molecular complexity index is 518. The minimum absolute atomic E-state index is 0.229. The minimum Gasteiger partial charge on any atom is -0.362 e. The zero-order valence-electron chi connectivity index (χ0n) is 8.74. The summed E-state index contributed by atoms with van der Waals surface area (Å²) >= 11 is 0. The lowest BCUT2D eigenvalue weighted by molar-refractivity contribution is 0.0854. The van der Waals surface area contributed by atoms with Gasteiger partial charge in [0.05, 0.1) is 6.61 Å². The van der Waals surface area contributed by atoms with Crippen molar-refractivity contribution < 1.29 is 13.7 Å². The van der Waals surface area contributed by atoms with Gasteiger partial charge in [0, 0.05) is 5.56 Å². The van der Waals surface area contributed by atoms with Crippen molar-refractivity contribution in [1.82, 2.24) is 5.16 Å². The average molecular weight is 219 g/mol. The number of hydrogen-bond donors (Lipinski definition) is 0. The summed E-state index contributed by atoms with van der Waals surface area (Å²) in [6.07, 6.45) is -0.229. The molecule has 82 valence electrons. The molecule has 0 amide bonds. The number of aromatic nitrogens is 1. The molecular formula is C12H10FNO2. The Morgan fingerprint density at radius 3 is 2.81 bits per heavy atom. The number of benzene rings is 1. The summed E-state index contributed by atoms with van der Waals surface area (Å²) in [7, 11) is 0. The van der Waals surface area contributed by atoms with E-state index in [9.17, 15) is 4.39 Å². The van der Waals surface area contributed by atoms with E-state index in [1.807, 2.05) is 6.92 Å². The molecule has 0 spiro atoms. The number of halogens is 1. The van der Waals surface area contributed by atoms with Gasteiger partial charge < -0.3 is 9.26 Å². The van der Waals surface area contributed by atoms with Gasteiger partial charge in [0.15, 0.2) is 0 Å². The molecule has 1 aromatic carbocycles. The van der Waals surface area contributed by atoms with Crippen LogP contribution in [0.25, 0.3) is 0 Å². The average Bonchev–Trinajstić information content (AvgIpc) is 2.84. The predicted molar refractivity (Wildman–Crippen MR) is 54.3 cm³/mol. The molecular weight excluding hydrogens is 209 g/mol. The zero-order valence-corrected chi connectivity index (χ0v) is 8.74. The van der Waals surface area contributed by atoms with Gasteiger partial charge in [-0.2, -0.15) is 0 Å². The Morgan fingerprint density at radius 1 is 1.31 bits per heavy atom. The Morgan fingerprint density at radius 2 is 2.06 bits per heavy atom. The van der Waals surface area contributed by atoms with Crippen LogP contribution in [-0.2, 0) is 11.3 Å². The molecule has 0 saturated carbocycles. The molecule has 1 aliphatic heterocycles. The fraction of sp³-hybridized carbons (Fsp3) is 0.250.